The molecule has 1 amide bonds. The van der Waals surface area contributed by atoms with Gasteiger partial charge in [0.25, 0.3) is 5.91 Å². The van der Waals surface area contributed by atoms with Crippen molar-refractivity contribution < 1.29 is 14.3 Å². The maximum Gasteiger partial charge on any atom is 0.254 e. The lowest BCUT2D eigenvalue weighted by Crippen LogP contribution is -2.60. The van der Waals surface area contributed by atoms with Crippen molar-refractivity contribution in [2.24, 2.45) is 10.8 Å². The topological polar surface area (TPSA) is 70.4 Å². The molecule has 1 heterocycles. The molecule has 0 bridgehead atoms. The highest BCUT2D eigenvalue weighted by Crippen LogP contribution is 2.48. The molecule has 1 saturated heterocycles. The fourth-order valence-electron chi connectivity index (χ4n) is 3.87. The van der Waals surface area contributed by atoms with E-state index in [4.69, 9.17) is 16.3 Å². The van der Waals surface area contributed by atoms with Crippen LogP contribution in [0, 0.1) is 22.2 Å². The van der Waals surface area contributed by atoms with Crippen molar-refractivity contribution in [1.29, 1.82) is 5.26 Å². The van der Waals surface area contributed by atoms with Gasteiger partial charge in [-0.3, -0.25) is 9.59 Å². The molecule has 0 N–H and O–H groups in total. The molecule has 5 nitrogen and oxygen atoms in total. The predicted octanol–water partition coefficient (Wildman–Crippen LogP) is 3.24. The molecule has 0 aromatic heterocycles. The fraction of sp³-hybridized carbons (Fsp3) is 0.421. The van der Waals surface area contributed by atoms with Gasteiger partial charge in [0.1, 0.15) is 11.8 Å². The van der Waals surface area contributed by atoms with Crippen molar-refractivity contribution in [1.82, 2.24) is 4.90 Å². The average Bonchev–Trinajstić information content (AvgIpc) is 2.54. The van der Waals surface area contributed by atoms with Crippen LogP contribution in [0.4, 0.5) is 0 Å². The number of likely N-dealkylation sites (tertiary alicyclic amines) is 1. The number of carbonyl (C=O) groups is 2. The van der Waals surface area contributed by atoms with Crippen LogP contribution in [-0.4, -0.2) is 36.8 Å². The van der Waals surface area contributed by atoms with E-state index in [1.54, 1.807) is 29.2 Å². The standard InChI is InChI=1S/C19H19ClN2O3/c1-18(2)9-19(7-13(8-21)16(18)23)10-22(11-19)17(24)12-4-5-14(20)15(6-12)25-3/h4-7H,9-11H2,1-3H3. The number of Topliss-reactive ketones (excluding diaryl/α,β-unsaturated/α-hetero) is 1. The smallest absolute Gasteiger partial charge is 0.254 e. The van der Waals surface area contributed by atoms with Crippen molar-refractivity contribution in [2.45, 2.75) is 20.3 Å². The molecule has 0 unspecified atom stereocenters. The summed E-state index contributed by atoms with van der Waals surface area (Å²) in [4.78, 5) is 26.7. The molecule has 1 aliphatic carbocycles. The quantitative estimate of drug-likeness (QED) is 0.813. The van der Waals surface area contributed by atoms with E-state index in [-0.39, 0.29) is 22.7 Å². The molecular formula is C19H19ClN2O3. The highest BCUT2D eigenvalue weighted by Gasteiger charge is 2.52. The number of hydrogen-bond acceptors (Lipinski definition) is 4. The molecule has 1 spiro atoms. The molecular weight excluding hydrogens is 340 g/mol. The van der Waals surface area contributed by atoms with E-state index in [1.165, 1.54) is 7.11 Å². The van der Waals surface area contributed by atoms with Crippen molar-refractivity contribution in [3.05, 3.63) is 40.4 Å². The highest BCUT2D eigenvalue weighted by molar-refractivity contribution is 6.32. The van der Waals surface area contributed by atoms with Crippen molar-refractivity contribution in [3.63, 3.8) is 0 Å². The Hall–Kier alpha value is -2.32. The van der Waals surface area contributed by atoms with Gasteiger partial charge in [0, 0.05) is 29.5 Å². The van der Waals surface area contributed by atoms with Gasteiger partial charge in [0.2, 0.25) is 0 Å². The maximum absolute atomic E-state index is 12.7. The number of halogens is 1. The van der Waals surface area contributed by atoms with Gasteiger partial charge in [0.05, 0.1) is 17.7 Å². The van der Waals surface area contributed by atoms with Crippen LogP contribution in [0.5, 0.6) is 5.75 Å². The van der Waals surface area contributed by atoms with Gasteiger partial charge in [0.15, 0.2) is 5.78 Å². The number of carbonyl (C=O) groups excluding carboxylic acids is 2. The lowest BCUT2D eigenvalue weighted by Gasteiger charge is -2.53. The van der Waals surface area contributed by atoms with E-state index in [0.29, 0.717) is 35.8 Å². The third kappa shape index (κ3) is 2.91. The second-order valence-corrected chi connectivity index (χ2v) is 7.84. The number of allylic oxidation sites excluding steroid dienone is 1. The number of rotatable bonds is 2. The van der Waals surface area contributed by atoms with E-state index in [9.17, 15) is 14.9 Å². The van der Waals surface area contributed by atoms with Crippen LogP contribution in [0.1, 0.15) is 30.6 Å². The number of amides is 1. The molecule has 130 valence electrons. The number of nitriles is 1. The van der Waals surface area contributed by atoms with Gasteiger partial charge in [-0.2, -0.15) is 5.26 Å². The first kappa shape index (κ1) is 17.5. The summed E-state index contributed by atoms with van der Waals surface area (Å²) in [7, 11) is 1.50. The van der Waals surface area contributed by atoms with Gasteiger partial charge in [-0.15, -0.1) is 0 Å². The van der Waals surface area contributed by atoms with Gasteiger partial charge < -0.3 is 9.64 Å². The molecule has 25 heavy (non-hydrogen) atoms. The SMILES string of the molecule is COc1cc(C(=O)N2CC3(C=C(C#N)C(=O)C(C)(C)C3)C2)ccc1Cl. The van der Waals surface area contributed by atoms with Crippen LogP contribution >= 0.6 is 11.6 Å². The lowest BCUT2D eigenvalue weighted by molar-refractivity contribution is -0.127. The normalized spacial score (nSPS) is 20.5. The Morgan fingerprint density at radius 1 is 1.36 bits per heavy atom. The molecule has 1 aromatic rings. The zero-order chi connectivity index (χ0) is 18.4. The molecule has 1 aliphatic heterocycles. The van der Waals surface area contributed by atoms with E-state index in [1.807, 2.05) is 19.9 Å². The number of methoxy groups -OCH3 is 1. The minimum Gasteiger partial charge on any atom is -0.495 e. The number of hydrogen-bond donors (Lipinski definition) is 0. The molecule has 0 atom stereocenters. The van der Waals surface area contributed by atoms with E-state index in [0.717, 1.165) is 0 Å². The predicted molar refractivity (Wildman–Crippen MR) is 93.4 cm³/mol. The second kappa shape index (κ2) is 5.89. The first-order valence-electron chi connectivity index (χ1n) is 8.02. The van der Waals surface area contributed by atoms with Crippen molar-refractivity contribution in [2.75, 3.05) is 20.2 Å². The average molecular weight is 359 g/mol. The van der Waals surface area contributed by atoms with Crippen LogP contribution in [0.2, 0.25) is 5.02 Å². The number of benzene rings is 1. The lowest BCUT2D eigenvalue weighted by atomic mass is 9.61. The van der Waals surface area contributed by atoms with Gasteiger partial charge in [-0.05, 0) is 24.6 Å². The summed E-state index contributed by atoms with van der Waals surface area (Å²) in [6, 6.07) is 6.94. The van der Waals surface area contributed by atoms with Crippen LogP contribution < -0.4 is 4.74 Å². The number of ketones is 1. The molecule has 3 rings (SSSR count). The van der Waals surface area contributed by atoms with Gasteiger partial charge in [-0.1, -0.05) is 31.5 Å². The monoisotopic (exact) mass is 358 g/mol. The first-order valence-corrected chi connectivity index (χ1v) is 8.40. The summed E-state index contributed by atoms with van der Waals surface area (Å²) in [6.07, 6.45) is 2.39. The Labute approximate surface area is 151 Å². The summed E-state index contributed by atoms with van der Waals surface area (Å²) in [5.41, 5.74) is -0.171. The zero-order valence-electron chi connectivity index (χ0n) is 14.4. The van der Waals surface area contributed by atoms with Gasteiger partial charge in [-0.25, -0.2) is 0 Å². The molecule has 1 fully saturated rings. The fourth-order valence-corrected chi connectivity index (χ4v) is 4.06. The Balaban J connectivity index is 1.80. The highest BCUT2D eigenvalue weighted by atomic mass is 35.5. The molecule has 6 heteroatoms. The molecule has 1 aromatic carbocycles. The Kier molecular flexibility index (Phi) is 4.12. The minimum absolute atomic E-state index is 0.109. The first-order chi connectivity index (χ1) is 11.7. The summed E-state index contributed by atoms with van der Waals surface area (Å²) in [5, 5.41) is 9.69. The van der Waals surface area contributed by atoms with E-state index >= 15 is 0 Å². The summed E-state index contributed by atoms with van der Waals surface area (Å²) in [6.45, 7) is 4.71. The summed E-state index contributed by atoms with van der Waals surface area (Å²) >= 11 is 6.00. The summed E-state index contributed by atoms with van der Waals surface area (Å²) in [5.74, 6) is 0.230. The van der Waals surface area contributed by atoms with Crippen LogP contribution in [0.15, 0.2) is 29.8 Å². The third-order valence-electron chi connectivity index (χ3n) is 4.92. The molecule has 0 radical (unpaired) electrons. The maximum atomic E-state index is 12.7. The zero-order valence-corrected chi connectivity index (χ0v) is 15.2. The third-order valence-corrected chi connectivity index (χ3v) is 5.23. The number of ether oxygens (including phenoxy) is 1. The Bertz CT molecular complexity index is 830. The van der Waals surface area contributed by atoms with Gasteiger partial charge >= 0.3 is 0 Å². The van der Waals surface area contributed by atoms with Crippen molar-refractivity contribution in [3.8, 4) is 11.8 Å². The van der Waals surface area contributed by atoms with Crippen LogP contribution in [-0.2, 0) is 4.79 Å². The van der Waals surface area contributed by atoms with Crippen LogP contribution in [0.25, 0.3) is 0 Å². The largest absolute Gasteiger partial charge is 0.495 e. The Morgan fingerprint density at radius 3 is 2.64 bits per heavy atom. The minimum atomic E-state index is -0.585. The van der Waals surface area contributed by atoms with Crippen LogP contribution in [0.3, 0.4) is 0 Å². The summed E-state index contributed by atoms with van der Waals surface area (Å²) < 4.78 is 5.16. The second-order valence-electron chi connectivity index (χ2n) is 7.43. The number of nitrogens with zero attached hydrogens (tertiary/aromatic N) is 2. The molecule has 0 saturated carbocycles. The van der Waals surface area contributed by atoms with E-state index < -0.39 is 5.41 Å². The Morgan fingerprint density at radius 2 is 2.04 bits per heavy atom. The van der Waals surface area contributed by atoms with E-state index in [2.05, 4.69) is 0 Å². The van der Waals surface area contributed by atoms with Crippen molar-refractivity contribution >= 4 is 23.3 Å². The molecule has 2 aliphatic rings.